The van der Waals surface area contributed by atoms with Crippen molar-refractivity contribution in [1.82, 2.24) is 10.2 Å². The summed E-state index contributed by atoms with van der Waals surface area (Å²) < 4.78 is 0. The molecule has 1 aromatic rings. The predicted octanol–water partition coefficient (Wildman–Crippen LogP) is 3.03. The molecule has 0 aromatic carbocycles. The Balaban J connectivity index is 1.56. The molecule has 3 aliphatic rings. The summed E-state index contributed by atoms with van der Waals surface area (Å²) in [5, 5.41) is 6.05. The Hall–Kier alpha value is -0.380. The lowest BCUT2D eigenvalue weighted by Gasteiger charge is -2.32. The smallest absolute Gasteiger partial charge is 0.0470 e. The van der Waals surface area contributed by atoms with Crippen molar-refractivity contribution in [3.8, 4) is 0 Å². The summed E-state index contributed by atoms with van der Waals surface area (Å²) in [4.78, 5) is 4.40. The van der Waals surface area contributed by atoms with Crippen LogP contribution in [-0.4, -0.2) is 30.1 Å². The van der Waals surface area contributed by atoms with Crippen LogP contribution in [0.15, 0.2) is 17.5 Å². The lowest BCUT2D eigenvalue weighted by atomic mass is 10.0. The van der Waals surface area contributed by atoms with Crippen molar-refractivity contribution in [2.75, 3.05) is 13.1 Å². The molecule has 4 rings (SSSR count). The Labute approximate surface area is 113 Å². The highest BCUT2D eigenvalue weighted by Gasteiger charge is 2.40. The molecule has 1 N–H and O–H groups in total. The second-order valence-electron chi connectivity index (χ2n) is 6.22. The van der Waals surface area contributed by atoms with Gasteiger partial charge in [-0.15, -0.1) is 11.3 Å². The molecule has 2 aliphatic heterocycles. The van der Waals surface area contributed by atoms with Crippen molar-refractivity contribution in [3.63, 3.8) is 0 Å². The Morgan fingerprint density at radius 3 is 2.83 bits per heavy atom. The fraction of sp³-hybridized carbons (Fsp3) is 0.733. The summed E-state index contributed by atoms with van der Waals surface area (Å²) in [6.45, 7) is 2.57. The van der Waals surface area contributed by atoms with Crippen molar-refractivity contribution < 1.29 is 0 Å². The van der Waals surface area contributed by atoms with Gasteiger partial charge in [-0.1, -0.05) is 6.07 Å². The summed E-state index contributed by atoms with van der Waals surface area (Å²) in [6, 6.07) is 6.87. The third-order valence-corrected chi connectivity index (χ3v) is 5.79. The molecule has 2 bridgehead atoms. The van der Waals surface area contributed by atoms with Gasteiger partial charge in [0.15, 0.2) is 0 Å². The number of likely N-dealkylation sites (tertiary alicyclic amines) is 1. The minimum absolute atomic E-state index is 0.728. The number of hydrogen-bond donors (Lipinski definition) is 1. The molecule has 98 valence electrons. The average Bonchev–Trinajstić information content (AvgIpc) is 2.90. The van der Waals surface area contributed by atoms with E-state index in [1.54, 1.807) is 4.88 Å². The highest BCUT2D eigenvalue weighted by atomic mass is 32.1. The van der Waals surface area contributed by atoms with E-state index in [0.29, 0.717) is 0 Å². The molecular formula is C15H22N2S. The number of nitrogens with one attached hydrogen (secondary N) is 1. The molecule has 2 saturated heterocycles. The van der Waals surface area contributed by atoms with Gasteiger partial charge in [-0.25, -0.2) is 0 Å². The lowest BCUT2D eigenvalue weighted by molar-refractivity contribution is 0.171. The Kier molecular flexibility index (Phi) is 2.94. The molecule has 3 heterocycles. The van der Waals surface area contributed by atoms with Gasteiger partial charge < -0.3 is 5.32 Å². The van der Waals surface area contributed by atoms with E-state index in [0.717, 1.165) is 24.0 Å². The number of hydrogen-bond acceptors (Lipinski definition) is 3. The molecule has 1 saturated carbocycles. The first-order chi connectivity index (χ1) is 8.90. The topological polar surface area (TPSA) is 15.3 Å². The molecule has 3 atom stereocenters. The largest absolute Gasteiger partial charge is 0.310 e. The molecule has 1 aromatic heterocycles. The van der Waals surface area contributed by atoms with Gasteiger partial charge in [0.1, 0.15) is 0 Å². The summed E-state index contributed by atoms with van der Waals surface area (Å²) in [6.07, 6.45) is 7.04. The van der Waals surface area contributed by atoms with Gasteiger partial charge in [0.25, 0.3) is 0 Å². The van der Waals surface area contributed by atoms with Crippen LogP contribution in [-0.2, 0) is 0 Å². The van der Waals surface area contributed by atoms with E-state index in [4.69, 9.17) is 0 Å². The molecule has 0 spiro atoms. The van der Waals surface area contributed by atoms with Crippen molar-refractivity contribution >= 4 is 11.3 Å². The van der Waals surface area contributed by atoms with Crippen molar-refractivity contribution in [2.45, 2.75) is 50.2 Å². The molecular weight excluding hydrogens is 240 g/mol. The van der Waals surface area contributed by atoms with Gasteiger partial charge in [-0.3, -0.25) is 4.90 Å². The van der Waals surface area contributed by atoms with Crippen LogP contribution in [0, 0.1) is 5.92 Å². The van der Waals surface area contributed by atoms with Crippen LogP contribution < -0.4 is 5.32 Å². The van der Waals surface area contributed by atoms with E-state index < -0.39 is 0 Å². The van der Waals surface area contributed by atoms with Crippen LogP contribution in [0.5, 0.6) is 0 Å². The third-order valence-electron chi connectivity index (χ3n) is 4.85. The van der Waals surface area contributed by atoms with Crippen molar-refractivity contribution in [3.05, 3.63) is 22.4 Å². The van der Waals surface area contributed by atoms with E-state index in [-0.39, 0.29) is 0 Å². The minimum Gasteiger partial charge on any atom is -0.310 e. The molecule has 3 fully saturated rings. The van der Waals surface area contributed by atoms with E-state index in [1.165, 1.54) is 45.2 Å². The van der Waals surface area contributed by atoms with Gasteiger partial charge in [-0.2, -0.15) is 0 Å². The maximum Gasteiger partial charge on any atom is 0.0470 e. The summed E-state index contributed by atoms with van der Waals surface area (Å²) in [5.41, 5.74) is 0. The van der Waals surface area contributed by atoms with Gasteiger partial charge in [0.2, 0.25) is 0 Å². The zero-order valence-corrected chi connectivity index (χ0v) is 11.7. The maximum atomic E-state index is 3.80. The zero-order valence-electron chi connectivity index (χ0n) is 10.8. The maximum absolute atomic E-state index is 3.80. The van der Waals surface area contributed by atoms with Crippen LogP contribution >= 0.6 is 11.3 Å². The SMILES string of the molecule is c1csc(C(C2CC2)N2CCC3CCC(C2)N3)c1. The van der Waals surface area contributed by atoms with E-state index in [2.05, 4.69) is 27.7 Å². The monoisotopic (exact) mass is 262 g/mol. The highest BCUT2D eigenvalue weighted by molar-refractivity contribution is 7.10. The standard InChI is InChI=1S/C15H22N2S/c1-2-14(18-9-1)15(11-3-4-11)17-8-7-12-5-6-13(10-17)16-12/h1-2,9,11-13,15-16H,3-8,10H2. The van der Waals surface area contributed by atoms with E-state index in [1.807, 2.05) is 11.3 Å². The Morgan fingerprint density at radius 2 is 2.06 bits per heavy atom. The normalized spacial score (nSPS) is 34.4. The summed E-state index contributed by atoms with van der Waals surface area (Å²) in [5.74, 6) is 0.945. The molecule has 2 nitrogen and oxygen atoms in total. The summed E-state index contributed by atoms with van der Waals surface area (Å²) in [7, 11) is 0. The zero-order chi connectivity index (χ0) is 11.9. The minimum atomic E-state index is 0.728. The van der Waals surface area contributed by atoms with Gasteiger partial charge in [0, 0.05) is 36.1 Å². The first-order valence-electron chi connectivity index (χ1n) is 7.43. The van der Waals surface area contributed by atoms with Gasteiger partial charge in [0.05, 0.1) is 0 Å². The second kappa shape index (κ2) is 4.62. The number of nitrogens with zero attached hydrogens (tertiary/aromatic N) is 1. The van der Waals surface area contributed by atoms with Crippen molar-refractivity contribution in [2.24, 2.45) is 5.92 Å². The fourth-order valence-corrected chi connectivity index (χ4v) is 4.76. The van der Waals surface area contributed by atoms with Gasteiger partial charge >= 0.3 is 0 Å². The van der Waals surface area contributed by atoms with Gasteiger partial charge in [-0.05, 0) is 49.5 Å². The van der Waals surface area contributed by atoms with Crippen LogP contribution in [0.2, 0.25) is 0 Å². The number of rotatable bonds is 3. The molecule has 18 heavy (non-hydrogen) atoms. The van der Waals surface area contributed by atoms with Crippen LogP contribution in [0.3, 0.4) is 0 Å². The second-order valence-corrected chi connectivity index (χ2v) is 7.20. The number of fused-ring (bicyclic) bond motifs is 2. The fourth-order valence-electron chi connectivity index (χ4n) is 3.80. The lowest BCUT2D eigenvalue weighted by Crippen LogP contribution is -2.38. The molecule has 3 unspecified atom stereocenters. The van der Waals surface area contributed by atoms with E-state index >= 15 is 0 Å². The first-order valence-corrected chi connectivity index (χ1v) is 8.31. The molecule has 3 heteroatoms. The average molecular weight is 262 g/mol. The summed E-state index contributed by atoms with van der Waals surface area (Å²) >= 11 is 1.96. The first kappa shape index (κ1) is 11.4. The molecule has 1 aliphatic carbocycles. The molecule has 0 amide bonds. The molecule has 0 radical (unpaired) electrons. The quantitative estimate of drug-likeness (QED) is 0.901. The third kappa shape index (κ3) is 2.13. The Morgan fingerprint density at radius 1 is 1.17 bits per heavy atom. The van der Waals surface area contributed by atoms with E-state index in [9.17, 15) is 0 Å². The van der Waals surface area contributed by atoms with Crippen LogP contribution in [0.4, 0.5) is 0 Å². The number of thiophene rings is 1. The van der Waals surface area contributed by atoms with Crippen molar-refractivity contribution in [1.29, 1.82) is 0 Å². The highest BCUT2D eigenvalue weighted by Crippen LogP contribution is 2.46. The Bertz CT molecular complexity index is 399. The predicted molar refractivity (Wildman–Crippen MR) is 75.9 cm³/mol. The van der Waals surface area contributed by atoms with Crippen LogP contribution in [0.25, 0.3) is 0 Å². The van der Waals surface area contributed by atoms with Crippen LogP contribution in [0.1, 0.15) is 43.0 Å².